The molecule has 1 aliphatic rings. The number of nitrogens with one attached hydrogen (secondary N) is 1. The molecule has 0 radical (unpaired) electrons. The van der Waals surface area contributed by atoms with Crippen molar-refractivity contribution >= 4 is 11.7 Å². The molecule has 3 rings (SSSR count). The number of hydrogen-bond donors (Lipinski definition) is 1. The van der Waals surface area contributed by atoms with Gasteiger partial charge in [0.05, 0.1) is 20.1 Å². The van der Waals surface area contributed by atoms with E-state index in [-0.39, 0.29) is 5.91 Å². The number of benzene rings is 1. The monoisotopic (exact) mass is 340 g/mol. The molecule has 1 fully saturated rings. The molecule has 1 amide bonds. The molecule has 2 aromatic rings. The predicted octanol–water partition coefficient (Wildman–Crippen LogP) is 2.25. The number of ether oxygens (including phenoxy) is 1. The fraction of sp³-hybridized carbons (Fsp3) is 0.421. The van der Waals surface area contributed by atoms with E-state index in [1.807, 2.05) is 37.3 Å². The van der Waals surface area contributed by atoms with Crippen molar-refractivity contribution in [1.82, 2.24) is 15.3 Å². The number of carbonyl (C=O) groups is 1. The Morgan fingerprint density at radius 3 is 2.60 bits per heavy atom. The maximum atomic E-state index is 12.2. The van der Waals surface area contributed by atoms with E-state index < -0.39 is 0 Å². The first-order chi connectivity index (χ1) is 12.1. The standard InChI is InChI=1S/C19H24N4O2/c1-14-11-18(23-9-3-4-10-23)22-17(21-14)13-20-19(24)12-15-5-7-16(25-2)8-6-15/h5-8,11H,3-4,9-10,12-13H2,1-2H3,(H,20,24). The minimum atomic E-state index is -0.0435. The van der Waals surface area contributed by atoms with Crippen LogP contribution in [0.25, 0.3) is 0 Å². The number of aryl methyl sites for hydroxylation is 1. The Morgan fingerprint density at radius 2 is 1.92 bits per heavy atom. The van der Waals surface area contributed by atoms with Gasteiger partial charge in [0.25, 0.3) is 0 Å². The van der Waals surface area contributed by atoms with Crippen molar-refractivity contribution in [3.05, 3.63) is 47.4 Å². The highest BCUT2D eigenvalue weighted by Gasteiger charge is 2.15. The first-order valence-corrected chi connectivity index (χ1v) is 8.63. The van der Waals surface area contributed by atoms with Gasteiger partial charge >= 0.3 is 0 Å². The minimum Gasteiger partial charge on any atom is -0.497 e. The lowest BCUT2D eigenvalue weighted by atomic mass is 10.1. The lowest BCUT2D eigenvalue weighted by Gasteiger charge is -2.17. The van der Waals surface area contributed by atoms with E-state index in [1.54, 1.807) is 7.11 Å². The van der Waals surface area contributed by atoms with Crippen molar-refractivity contribution in [3.8, 4) is 5.75 Å². The van der Waals surface area contributed by atoms with Crippen molar-refractivity contribution in [2.75, 3.05) is 25.1 Å². The van der Waals surface area contributed by atoms with E-state index in [0.717, 1.165) is 35.9 Å². The summed E-state index contributed by atoms with van der Waals surface area (Å²) in [6.45, 7) is 4.39. The summed E-state index contributed by atoms with van der Waals surface area (Å²) in [5.41, 5.74) is 1.87. The van der Waals surface area contributed by atoms with Gasteiger partial charge in [0.2, 0.25) is 5.91 Å². The van der Waals surface area contributed by atoms with Crippen molar-refractivity contribution in [2.24, 2.45) is 0 Å². The Balaban J connectivity index is 1.57. The second-order valence-electron chi connectivity index (χ2n) is 6.28. The number of amides is 1. The van der Waals surface area contributed by atoms with Crippen molar-refractivity contribution in [1.29, 1.82) is 0 Å². The average molecular weight is 340 g/mol. The predicted molar refractivity (Wildman–Crippen MR) is 96.8 cm³/mol. The fourth-order valence-electron chi connectivity index (χ4n) is 2.97. The van der Waals surface area contributed by atoms with Gasteiger partial charge in [-0.15, -0.1) is 0 Å². The Morgan fingerprint density at radius 1 is 1.20 bits per heavy atom. The van der Waals surface area contributed by atoms with Crippen LogP contribution < -0.4 is 15.0 Å². The van der Waals surface area contributed by atoms with Crippen LogP contribution in [-0.4, -0.2) is 36.1 Å². The van der Waals surface area contributed by atoms with E-state index in [2.05, 4.69) is 20.2 Å². The lowest BCUT2D eigenvalue weighted by molar-refractivity contribution is -0.120. The van der Waals surface area contributed by atoms with Gasteiger partial charge in [0.1, 0.15) is 17.4 Å². The fourth-order valence-corrected chi connectivity index (χ4v) is 2.97. The highest BCUT2D eigenvalue weighted by atomic mass is 16.5. The minimum absolute atomic E-state index is 0.0435. The quantitative estimate of drug-likeness (QED) is 0.874. The van der Waals surface area contributed by atoms with Crippen LogP contribution in [-0.2, 0) is 17.8 Å². The largest absolute Gasteiger partial charge is 0.497 e. The van der Waals surface area contributed by atoms with E-state index in [0.29, 0.717) is 18.8 Å². The molecule has 0 spiro atoms. The van der Waals surface area contributed by atoms with Crippen LogP contribution in [0.2, 0.25) is 0 Å². The molecule has 1 aliphatic heterocycles. The number of methoxy groups -OCH3 is 1. The van der Waals surface area contributed by atoms with Gasteiger partial charge in [-0.25, -0.2) is 9.97 Å². The number of anilines is 1. The van der Waals surface area contributed by atoms with E-state index >= 15 is 0 Å². The van der Waals surface area contributed by atoms with Crippen LogP contribution in [0.1, 0.15) is 29.9 Å². The van der Waals surface area contributed by atoms with Crippen LogP contribution in [0.15, 0.2) is 30.3 Å². The molecule has 1 aromatic heterocycles. The molecule has 1 saturated heterocycles. The zero-order valence-corrected chi connectivity index (χ0v) is 14.8. The smallest absolute Gasteiger partial charge is 0.224 e. The summed E-state index contributed by atoms with van der Waals surface area (Å²) in [6.07, 6.45) is 2.74. The summed E-state index contributed by atoms with van der Waals surface area (Å²) in [5, 5.41) is 2.91. The maximum absolute atomic E-state index is 12.2. The molecule has 0 atom stereocenters. The number of carbonyl (C=O) groups excluding carboxylic acids is 1. The van der Waals surface area contributed by atoms with Crippen LogP contribution >= 0.6 is 0 Å². The molecular weight excluding hydrogens is 316 g/mol. The third kappa shape index (κ3) is 4.68. The van der Waals surface area contributed by atoms with Crippen LogP contribution in [0.5, 0.6) is 5.75 Å². The molecule has 6 heteroatoms. The Hall–Kier alpha value is -2.63. The number of aromatic nitrogens is 2. The number of hydrogen-bond acceptors (Lipinski definition) is 5. The Kier molecular flexibility index (Phi) is 5.48. The third-order valence-electron chi connectivity index (χ3n) is 4.28. The van der Waals surface area contributed by atoms with E-state index in [4.69, 9.17) is 4.74 Å². The van der Waals surface area contributed by atoms with Gasteiger partial charge in [0.15, 0.2) is 0 Å². The topological polar surface area (TPSA) is 67.3 Å². The molecule has 1 aromatic carbocycles. The molecule has 2 heterocycles. The zero-order valence-electron chi connectivity index (χ0n) is 14.8. The number of rotatable bonds is 6. The van der Waals surface area contributed by atoms with Crippen molar-refractivity contribution in [2.45, 2.75) is 32.7 Å². The Labute approximate surface area is 148 Å². The van der Waals surface area contributed by atoms with Gasteiger partial charge in [-0.2, -0.15) is 0 Å². The highest BCUT2D eigenvalue weighted by molar-refractivity contribution is 5.78. The van der Waals surface area contributed by atoms with Gasteiger partial charge < -0.3 is 15.0 Å². The zero-order chi connectivity index (χ0) is 17.6. The summed E-state index contributed by atoms with van der Waals surface area (Å²) in [4.78, 5) is 23.5. The summed E-state index contributed by atoms with van der Waals surface area (Å²) in [7, 11) is 1.62. The average Bonchev–Trinajstić information content (AvgIpc) is 3.15. The van der Waals surface area contributed by atoms with Crippen molar-refractivity contribution in [3.63, 3.8) is 0 Å². The second kappa shape index (κ2) is 7.96. The molecule has 25 heavy (non-hydrogen) atoms. The van der Waals surface area contributed by atoms with Crippen molar-refractivity contribution < 1.29 is 9.53 Å². The van der Waals surface area contributed by atoms with Gasteiger partial charge in [0, 0.05) is 24.8 Å². The summed E-state index contributed by atoms with van der Waals surface area (Å²) < 4.78 is 5.12. The summed E-state index contributed by atoms with van der Waals surface area (Å²) >= 11 is 0. The van der Waals surface area contributed by atoms with Crippen LogP contribution in [0.3, 0.4) is 0 Å². The first kappa shape index (κ1) is 17.2. The maximum Gasteiger partial charge on any atom is 0.224 e. The number of nitrogens with zero attached hydrogens (tertiary/aromatic N) is 3. The molecule has 1 N–H and O–H groups in total. The SMILES string of the molecule is COc1ccc(CC(=O)NCc2nc(C)cc(N3CCCC3)n2)cc1. The molecule has 0 aliphatic carbocycles. The van der Waals surface area contributed by atoms with Crippen LogP contribution in [0, 0.1) is 6.92 Å². The molecule has 132 valence electrons. The third-order valence-corrected chi connectivity index (χ3v) is 4.28. The highest BCUT2D eigenvalue weighted by Crippen LogP contribution is 2.18. The van der Waals surface area contributed by atoms with Gasteiger partial charge in [-0.1, -0.05) is 12.1 Å². The lowest BCUT2D eigenvalue weighted by Crippen LogP contribution is -2.26. The van der Waals surface area contributed by atoms with E-state index in [1.165, 1.54) is 12.8 Å². The summed E-state index contributed by atoms with van der Waals surface area (Å²) in [5.74, 6) is 2.36. The second-order valence-corrected chi connectivity index (χ2v) is 6.28. The normalized spacial score (nSPS) is 13.8. The molecule has 6 nitrogen and oxygen atoms in total. The van der Waals surface area contributed by atoms with Gasteiger partial charge in [-0.3, -0.25) is 4.79 Å². The van der Waals surface area contributed by atoms with E-state index in [9.17, 15) is 4.79 Å². The van der Waals surface area contributed by atoms with Gasteiger partial charge in [-0.05, 0) is 37.5 Å². The first-order valence-electron chi connectivity index (χ1n) is 8.63. The molecule has 0 unspecified atom stereocenters. The summed E-state index contributed by atoms with van der Waals surface area (Å²) in [6, 6.07) is 9.51. The Bertz CT molecular complexity index is 725. The molecule has 0 bridgehead atoms. The molecular formula is C19H24N4O2. The molecule has 0 saturated carbocycles. The van der Waals surface area contributed by atoms with Crippen LogP contribution in [0.4, 0.5) is 5.82 Å².